The Morgan fingerprint density at radius 2 is 1.69 bits per heavy atom. The number of ether oxygens (including phenoxy) is 1. The number of carbonyl (C=O) groups excluding carboxylic acids is 3. The summed E-state index contributed by atoms with van der Waals surface area (Å²) in [4.78, 5) is 38.8. The van der Waals surface area contributed by atoms with E-state index >= 15 is 0 Å². The highest BCUT2D eigenvalue weighted by Crippen LogP contribution is 2.16. The van der Waals surface area contributed by atoms with Gasteiger partial charge in [-0.3, -0.25) is 14.4 Å². The summed E-state index contributed by atoms with van der Waals surface area (Å²) in [6, 6.07) is 13.5. The van der Waals surface area contributed by atoms with Crippen molar-refractivity contribution < 1.29 is 19.1 Å². The van der Waals surface area contributed by atoms with Crippen LogP contribution >= 0.6 is 0 Å². The smallest absolute Gasteiger partial charge is 0.253 e. The normalized spacial score (nSPS) is 13.5. The molecule has 0 aliphatic carbocycles. The molecule has 7 heteroatoms. The molecule has 152 valence electrons. The van der Waals surface area contributed by atoms with Gasteiger partial charge in [-0.25, -0.2) is 0 Å². The fourth-order valence-electron chi connectivity index (χ4n) is 3.22. The van der Waals surface area contributed by atoms with Crippen LogP contribution in [0.15, 0.2) is 48.5 Å². The van der Waals surface area contributed by atoms with Gasteiger partial charge in [-0.2, -0.15) is 0 Å². The van der Waals surface area contributed by atoms with Crippen LogP contribution in [0.1, 0.15) is 40.0 Å². The Morgan fingerprint density at radius 1 is 0.966 bits per heavy atom. The molecule has 1 fully saturated rings. The van der Waals surface area contributed by atoms with Crippen molar-refractivity contribution >= 4 is 23.4 Å². The first kappa shape index (κ1) is 20.4. The molecule has 29 heavy (non-hydrogen) atoms. The van der Waals surface area contributed by atoms with Crippen LogP contribution < -0.4 is 15.4 Å². The van der Waals surface area contributed by atoms with E-state index in [0.717, 1.165) is 32.4 Å². The third kappa shape index (κ3) is 5.57. The minimum atomic E-state index is -0.366. The highest BCUT2D eigenvalue weighted by atomic mass is 16.5. The van der Waals surface area contributed by atoms with E-state index in [4.69, 9.17) is 4.74 Å². The number of carbonyl (C=O) groups is 3. The standard InChI is InChI=1S/C22H25N3O4/c1-29-19-10-8-16(9-11-19)21(27)23-15-20(26)24-18-7-5-6-17(14-18)22(28)25-12-3-2-4-13-25/h5-11,14H,2-4,12-13,15H2,1H3,(H,23,27)(H,24,26). The molecule has 3 rings (SSSR count). The van der Waals surface area contributed by atoms with Crippen LogP contribution in [0.4, 0.5) is 5.69 Å². The van der Waals surface area contributed by atoms with Crippen LogP contribution in [0, 0.1) is 0 Å². The number of hydrogen-bond acceptors (Lipinski definition) is 4. The van der Waals surface area contributed by atoms with E-state index in [1.54, 1.807) is 55.6 Å². The van der Waals surface area contributed by atoms with E-state index in [-0.39, 0.29) is 24.3 Å². The maximum absolute atomic E-state index is 12.6. The molecule has 0 aromatic heterocycles. The Morgan fingerprint density at radius 3 is 2.38 bits per heavy atom. The average molecular weight is 395 g/mol. The molecule has 0 bridgehead atoms. The van der Waals surface area contributed by atoms with Crippen LogP contribution in [0.3, 0.4) is 0 Å². The molecule has 0 radical (unpaired) electrons. The van der Waals surface area contributed by atoms with Crippen molar-refractivity contribution in [1.29, 1.82) is 0 Å². The van der Waals surface area contributed by atoms with Crippen molar-refractivity contribution in [1.82, 2.24) is 10.2 Å². The van der Waals surface area contributed by atoms with E-state index in [9.17, 15) is 14.4 Å². The minimum Gasteiger partial charge on any atom is -0.497 e. The Bertz CT molecular complexity index is 874. The van der Waals surface area contributed by atoms with Gasteiger partial charge in [-0.05, 0) is 61.7 Å². The number of methoxy groups -OCH3 is 1. The average Bonchev–Trinajstić information content (AvgIpc) is 2.77. The second kappa shape index (κ2) is 9.73. The second-order valence-corrected chi connectivity index (χ2v) is 6.89. The number of amides is 3. The van der Waals surface area contributed by atoms with Crippen LogP contribution in [-0.4, -0.2) is 49.4 Å². The molecule has 3 amide bonds. The van der Waals surface area contributed by atoms with Crippen LogP contribution in [0.25, 0.3) is 0 Å². The summed E-state index contributed by atoms with van der Waals surface area (Å²) in [5.74, 6) is -0.0851. The molecule has 0 saturated carbocycles. The lowest BCUT2D eigenvalue weighted by Crippen LogP contribution is -2.35. The predicted octanol–water partition coefficient (Wildman–Crippen LogP) is 2.69. The van der Waals surface area contributed by atoms with Crippen molar-refractivity contribution in [2.45, 2.75) is 19.3 Å². The zero-order valence-electron chi connectivity index (χ0n) is 16.4. The maximum Gasteiger partial charge on any atom is 0.253 e. The number of rotatable bonds is 6. The third-order valence-corrected chi connectivity index (χ3v) is 4.80. The van der Waals surface area contributed by atoms with Gasteiger partial charge in [0.1, 0.15) is 5.75 Å². The lowest BCUT2D eigenvalue weighted by atomic mass is 10.1. The van der Waals surface area contributed by atoms with Crippen molar-refractivity contribution in [3.05, 3.63) is 59.7 Å². The zero-order chi connectivity index (χ0) is 20.6. The molecule has 2 N–H and O–H groups in total. The van der Waals surface area contributed by atoms with Crippen molar-refractivity contribution in [2.24, 2.45) is 0 Å². The molecule has 7 nitrogen and oxygen atoms in total. The SMILES string of the molecule is COc1ccc(C(=O)NCC(=O)Nc2cccc(C(=O)N3CCCCC3)c2)cc1. The quantitative estimate of drug-likeness (QED) is 0.787. The van der Waals surface area contributed by atoms with E-state index in [1.165, 1.54) is 0 Å². The van der Waals surface area contributed by atoms with Gasteiger partial charge < -0.3 is 20.3 Å². The van der Waals surface area contributed by atoms with Crippen LogP contribution in [0.2, 0.25) is 0 Å². The number of hydrogen-bond donors (Lipinski definition) is 2. The van der Waals surface area contributed by atoms with Crippen molar-refractivity contribution in [3.63, 3.8) is 0 Å². The third-order valence-electron chi connectivity index (χ3n) is 4.80. The highest BCUT2D eigenvalue weighted by Gasteiger charge is 2.18. The summed E-state index contributed by atoms with van der Waals surface area (Å²) < 4.78 is 5.06. The van der Waals surface area contributed by atoms with Crippen molar-refractivity contribution in [2.75, 3.05) is 32.1 Å². The summed E-state index contributed by atoms with van der Waals surface area (Å²) in [5, 5.41) is 5.30. The molecule has 1 heterocycles. The van der Waals surface area contributed by atoms with Gasteiger partial charge in [0.25, 0.3) is 11.8 Å². The number of likely N-dealkylation sites (tertiary alicyclic amines) is 1. The lowest BCUT2D eigenvalue weighted by molar-refractivity contribution is -0.115. The molecule has 1 aliphatic rings. The van der Waals surface area contributed by atoms with Gasteiger partial charge in [0.2, 0.25) is 5.91 Å². The van der Waals surface area contributed by atoms with Gasteiger partial charge in [0.05, 0.1) is 13.7 Å². The van der Waals surface area contributed by atoms with Gasteiger partial charge in [0.15, 0.2) is 0 Å². The summed E-state index contributed by atoms with van der Waals surface area (Å²) in [6.07, 6.45) is 3.20. The molecular formula is C22H25N3O4. The second-order valence-electron chi connectivity index (χ2n) is 6.89. The highest BCUT2D eigenvalue weighted by molar-refractivity contribution is 6.00. The Balaban J connectivity index is 1.53. The van der Waals surface area contributed by atoms with E-state index in [1.807, 2.05) is 4.90 Å². The van der Waals surface area contributed by atoms with Crippen molar-refractivity contribution in [3.8, 4) is 5.75 Å². The first-order valence-electron chi connectivity index (χ1n) is 9.68. The first-order chi connectivity index (χ1) is 14.1. The minimum absolute atomic E-state index is 0.0198. The summed E-state index contributed by atoms with van der Waals surface area (Å²) >= 11 is 0. The van der Waals surface area contributed by atoms with E-state index < -0.39 is 0 Å². The molecule has 0 unspecified atom stereocenters. The van der Waals surface area contributed by atoms with E-state index in [2.05, 4.69) is 10.6 Å². The monoisotopic (exact) mass is 395 g/mol. The van der Waals surface area contributed by atoms with Crippen LogP contribution in [0.5, 0.6) is 5.75 Å². The topological polar surface area (TPSA) is 87.7 Å². The number of nitrogens with zero attached hydrogens (tertiary/aromatic N) is 1. The largest absolute Gasteiger partial charge is 0.497 e. The predicted molar refractivity (Wildman–Crippen MR) is 110 cm³/mol. The number of anilines is 1. The molecule has 2 aromatic rings. The fourth-order valence-corrected chi connectivity index (χ4v) is 3.22. The fraction of sp³-hybridized carbons (Fsp3) is 0.318. The Labute approximate surface area is 170 Å². The van der Waals surface area contributed by atoms with Crippen LogP contribution in [-0.2, 0) is 4.79 Å². The summed E-state index contributed by atoms with van der Waals surface area (Å²) in [7, 11) is 1.55. The lowest BCUT2D eigenvalue weighted by Gasteiger charge is -2.26. The van der Waals surface area contributed by atoms with Gasteiger partial charge >= 0.3 is 0 Å². The Kier molecular flexibility index (Phi) is 6.84. The Hall–Kier alpha value is -3.35. The van der Waals surface area contributed by atoms with Gasteiger partial charge in [-0.1, -0.05) is 6.07 Å². The molecular weight excluding hydrogens is 370 g/mol. The number of nitrogens with one attached hydrogen (secondary N) is 2. The van der Waals surface area contributed by atoms with Gasteiger partial charge in [-0.15, -0.1) is 0 Å². The summed E-state index contributed by atoms with van der Waals surface area (Å²) in [6.45, 7) is 1.37. The molecule has 2 aromatic carbocycles. The van der Waals surface area contributed by atoms with Gasteiger partial charge in [0, 0.05) is 29.9 Å². The van der Waals surface area contributed by atoms with E-state index in [0.29, 0.717) is 22.6 Å². The zero-order valence-corrected chi connectivity index (χ0v) is 16.4. The first-order valence-corrected chi connectivity index (χ1v) is 9.68. The number of piperidine rings is 1. The molecule has 0 spiro atoms. The molecule has 1 saturated heterocycles. The molecule has 0 atom stereocenters. The maximum atomic E-state index is 12.6. The summed E-state index contributed by atoms with van der Waals surface area (Å²) in [5.41, 5.74) is 1.51. The molecule has 1 aliphatic heterocycles. The number of benzene rings is 2.